The van der Waals surface area contributed by atoms with E-state index in [9.17, 15) is 0 Å². The van der Waals surface area contributed by atoms with Gasteiger partial charge in [-0.25, -0.2) is 5.43 Å². The van der Waals surface area contributed by atoms with E-state index in [0.717, 1.165) is 22.6 Å². The molecule has 1 aliphatic heterocycles. The smallest absolute Gasteiger partial charge is 0.231 e. The number of ether oxygens (including phenoxy) is 2. The van der Waals surface area contributed by atoms with E-state index in [1.54, 1.807) is 0 Å². The van der Waals surface area contributed by atoms with Crippen molar-refractivity contribution in [2.75, 3.05) is 20.9 Å². The molecule has 1 aromatic carbocycles. The SMILES string of the molecule is Cc1cc2c(cc1C(NN)N(C)C)OCO2. The molecular formula is C11H17N3O2. The predicted molar refractivity (Wildman–Crippen MR) is 61.1 cm³/mol. The van der Waals surface area contributed by atoms with Gasteiger partial charge in [0.05, 0.1) is 6.17 Å². The Balaban J connectivity index is 2.40. The summed E-state index contributed by atoms with van der Waals surface area (Å²) in [5.74, 6) is 7.14. The Morgan fingerprint density at radius 3 is 2.50 bits per heavy atom. The summed E-state index contributed by atoms with van der Waals surface area (Å²) >= 11 is 0. The van der Waals surface area contributed by atoms with Crippen molar-refractivity contribution in [2.24, 2.45) is 5.84 Å². The van der Waals surface area contributed by atoms with Crippen molar-refractivity contribution in [3.63, 3.8) is 0 Å². The number of hydrazine groups is 1. The normalized spacial score (nSPS) is 15.6. The molecule has 0 amide bonds. The molecule has 0 bridgehead atoms. The van der Waals surface area contributed by atoms with Crippen LogP contribution in [0.4, 0.5) is 0 Å². The van der Waals surface area contributed by atoms with Crippen molar-refractivity contribution in [2.45, 2.75) is 13.1 Å². The molecule has 3 N–H and O–H groups in total. The topological polar surface area (TPSA) is 59.8 Å². The molecule has 0 aromatic heterocycles. The van der Waals surface area contributed by atoms with Crippen LogP contribution in [0.25, 0.3) is 0 Å². The van der Waals surface area contributed by atoms with Gasteiger partial charge >= 0.3 is 0 Å². The Kier molecular flexibility index (Phi) is 3.00. The summed E-state index contributed by atoms with van der Waals surface area (Å²) in [6.07, 6.45) is -0.0329. The zero-order chi connectivity index (χ0) is 11.7. The fourth-order valence-electron chi connectivity index (χ4n) is 1.87. The molecule has 5 nitrogen and oxygen atoms in total. The molecule has 0 radical (unpaired) electrons. The summed E-state index contributed by atoms with van der Waals surface area (Å²) in [6.45, 7) is 2.33. The molecule has 5 heteroatoms. The van der Waals surface area contributed by atoms with E-state index in [0.29, 0.717) is 6.79 Å². The molecule has 1 unspecified atom stereocenters. The average Bonchev–Trinajstić information content (AvgIpc) is 2.65. The minimum Gasteiger partial charge on any atom is -0.454 e. The lowest BCUT2D eigenvalue weighted by molar-refractivity contribution is 0.173. The summed E-state index contributed by atoms with van der Waals surface area (Å²) in [6, 6.07) is 3.95. The number of nitrogens with one attached hydrogen (secondary N) is 1. The number of aryl methyl sites for hydroxylation is 1. The maximum absolute atomic E-state index is 5.56. The van der Waals surface area contributed by atoms with Crippen molar-refractivity contribution in [1.82, 2.24) is 10.3 Å². The molecule has 0 aliphatic carbocycles. The van der Waals surface area contributed by atoms with Gasteiger partial charge < -0.3 is 9.47 Å². The Morgan fingerprint density at radius 2 is 1.94 bits per heavy atom. The van der Waals surface area contributed by atoms with Crippen LogP contribution in [0.2, 0.25) is 0 Å². The van der Waals surface area contributed by atoms with Crippen molar-refractivity contribution >= 4 is 0 Å². The molecule has 1 aromatic rings. The summed E-state index contributed by atoms with van der Waals surface area (Å²) in [5.41, 5.74) is 5.00. The zero-order valence-corrected chi connectivity index (χ0v) is 9.78. The van der Waals surface area contributed by atoms with Gasteiger partial charge in [0.2, 0.25) is 6.79 Å². The number of nitrogens with zero attached hydrogens (tertiary/aromatic N) is 1. The highest BCUT2D eigenvalue weighted by Gasteiger charge is 2.20. The van der Waals surface area contributed by atoms with Gasteiger partial charge in [-0.3, -0.25) is 10.7 Å². The largest absolute Gasteiger partial charge is 0.454 e. The van der Waals surface area contributed by atoms with E-state index in [1.165, 1.54) is 0 Å². The van der Waals surface area contributed by atoms with Crippen LogP contribution in [0.3, 0.4) is 0 Å². The molecule has 0 fully saturated rings. The van der Waals surface area contributed by atoms with E-state index >= 15 is 0 Å². The minimum absolute atomic E-state index is 0.0329. The van der Waals surface area contributed by atoms with Crippen LogP contribution in [0, 0.1) is 6.92 Å². The highest BCUT2D eigenvalue weighted by atomic mass is 16.7. The summed E-state index contributed by atoms with van der Waals surface area (Å²) in [7, 11) is 3.93. The predicted octanol–water partition coefficient (Wildman–Crippen LogP) is 0.747. The fraction of sp³-hybridized carbons (Fsp3) is 0.455. The van der Waals surface area contributed by atoms with Crippen molar-refractivity contribution < 1.29 is 9.47 Å². The van der Waals surface area contributed by atoms with Crippen LogP contribution in [0.1, 0.15) is 17.3 Å². The second-order valence-corrected chi connectivity index (χ2v) is 4.09. The van der Waals surface area contributed by atoms with Crippen molar-refractivity contribution in [1.29, 1.82) is 0 Å². The molecule has 0 saturated carbocycles. The maximum atomic E-state index is 5.56. The van der Waals surface area contributed by atoms with Crippen LogP contribution in [0.15, 0.2) is 12.1 Å². The minimum atomic E-state index is -0.0329. The van der Waals surface area contributed by atoms with E-state index in [1.807, 2.05) is 38.1 Å². The van der Waals surface area contributed by atoms with Crippen LogP contribution in [-0.2, 0) is 0 Å². The van der Waals surface area contributed by atoms with Crippen molar-refractivity contribution in [3.05, 3.63) is 23.3 Å². The van der Waals surface area contributed by atoms with Crippen molar-refractivity contribution in [3.8, 4) is 11.5 Å². The quantitative estimate of drug-likeness (QED) is 0.450. The highest BCUT2D eigenvalue weighted by Crippen LogP contribution is 2.36. The van der Waals surface area contributed by atoms with E-state index < -0.39 is 0 Å². The molecule has 1 atom stereocenters. The standard InChI is InChI=1S/C11H17N3O2/c1-7-4-9-10(16-6-15-9)5-8(7)11(13-12)14(2)3/h4-5,11,13H,6,12H2,1-3H3. The first-order valence-corrected chi connectivity index (χ1v) is 5.16. The summed E-state index contributed by atoms with van der Waals surface area (Å²) < 4.78 is 10.7. The molecule has 0 spiro atoms. The summed E-state index contributed by atoms with van der Waals surface area (Å²) in [5, 5.41) is 0. The molecule has 16 heavy (non-hydrogen) atoms. The molecule has 2 rings (SSSR count). The average molecular weight is 223 g/mol. The van der Waals surface area contributed by atoms with Crippen LogP contribution in [-0.4, -0.2) is 25.8 Å². The van der Waals surface area contributed by atoms with Gasteiger partial charge in [0.15, 0.2) is 11.5 Å². The first-order chi connectivity index (χ1) is 7.63. The first-order valence-electron chi connectivity index (χ1n) is 5.16. The second kappa shape index (κ2) is 4.29. The van der Waals surface area contributed by atoms with E-state index in [4.69, 9.17) is 15.3 Å². The van der Waals surface area contributed by atoms with E-state index in [2.05, 4.69) is 5.43 Å². The van der Waals surface area contributed by atoms with Gasteiger partial charge in [0.25, 0.3) is 0 Å². The van der Waals surface area contributed by atoms with Crippen LogP contribution in [0.5, 0.6) is 11.5 Å². The monoisotopic (exact) mass is 223 g/mol. The third-order valence-electron chi connectivity index (χ3n) is 2.73. The Labute approximate surface area is 95.1 Å². The number of hydrogen-bond donors (Lipinski definition) is 2. The van der Waals surface area contributed by atoms with Crippen LogP contribution < -0.4 is 20.7 Å². The van der Waals surface area contributed by atoms with Gasteiger partial charge in [-0.2, -0.15) is 0 Å². The van der Waals surface area contributed by atoms with Gasteiger partial charge in [-0.15, -0.1) is 0 Å². The second-order valence-electron chi connectivity index (χ2n) is 4.09. The number of fused-ring (bicyclic) bond motifs is 1. The number of nitrogens with two attached hydrogens (primary N) is 1. The van der Waals surface area contributed by atoms with Gasteiger partial charge in [-0.05, 0) is 44.3 Å². The van der Waals surface area contributed by atoms with Gasteiger partial charge in [0, 0.05) is 0 Å². The lowest BCUT2D eigenvalue weighted by Crippen LogP contribution is -2.38. The van der Waals surface area contributed by atoms with Crippen LogP contribution >= 0.6 is 0 Å². The Hall–Kier alpha value is -1.30. The Morgan fingerprint density at radius 1 is 1.31 bits per heavy atom. The molecule has 88 valence electrons. The Bertz CT molecular complexity index is 393. The highest BCUT2D eigenvalue weighted by molar-refractivity contribution is 5.49. The van der Waals surface area contributed by atoms with E-state index in [-0.39, 0.29) is 6.17 Å². The molecule has 1 aliphatic rings. The zero-order valence-electron chi connectivity index (χ0n) is 9.78. The van der Waals surface area contributed by atoms with Gasteiger partial charge in [0.1, 0.15) is 0 Å². The molecular weight excluding hydrogens is 206 g/mol. The third-order valence-corrected chi connectivity index (χ3v) is 2.73. The fourth-order valence-corrected chi connectivity index (χ4v) is 1.87. The lowest BCUT2D eigenvalue weighted by Gasteiger charge is -2.25. The maximum Gasteiger partial charge on any atom is 0.231 e. The first kappa shape index (κ1) is 11.2. The summed E-state index contributed by atoms with van der Waals surface area (Å²) in [4.78, 5) is 2.00. The molecule has 0 saturated heterocycles. The lowest BCUT2D eigenvalue weighted by atomic mass is 10.0. The molecule has 1 heterocycles. The van der Waals surface area contributed by atoms with Gasteiger partial charge in [-0.1, -0.05) is 0 Å². The number of benzene rings is 1. The number of hydrogen-bond acceptors (Lipinski definition) is 5. The number of rotatable bonds is 3. The third kappa shape index (κ3) is 1.84.